The van der Waals surface area contributed by atoms with Crippen molar-refractivity contribution in [1.29, 1.82) is 0 Å². The Kier molecular flexibility index (Phi) is 5.03. The highest BCUT2D eigenvalue weighted by molar-refractivity contribution is 5.95. The lowest BCUT2D eigenvalue weighted by atomic mass is 9.81. The number of fused-ring (bicyclic) bond motifs is 2. The van der Waals surface area contributed by atoms with E-state index in [9.17, 15) is 14.7 Å². The highest BCUT2D eigenvalue weighted by Gasteiger charge is 2.55. The molecule has 2 fully saturated rings. The van der Waals surface area contributed by atoms with Gasteiger partial charge in [-0.15, -0.1) is 12.4 Å². The number of amides is 1. The first-order valence-corrected chi connectivity index (χ1v) is 8.67. The summed E-state index contributed by atoms with van der Waals surface area (Å²) in [7, 11) is 0. The largest absolute Gasteiger partial charge is 0.481 e. The van der Waals surface area contributed by atoms with Crippen LogP contribution in [-0.2, 0) is 9.59 Å². The molecule has 2 heterocycles. The molecule has 1 amide bonds. The molecule has 1 aromatic rings. The maximum absolute atomic E-state index is 12.6. The predicted molar refractivity (Wildman–Crippen MR) is 96.9 cm³/mol. The van der Waals surface area contributed by atoms with Gasteiger partial charge in [0.2, 0.25) is 12.7 Å². The number of nitrogens with one attached hydrogen (secondary N) is 1. The van der Waals surface area contributed by atoms with Gasteiger partial charge in [0.05, 0.1) is 11.5 Å². The van der Waals surface area contributed by atoms with Crippen LogP contribution in [0.4, 0.5) is 5.69 Å². The Labute approximate surface area is 158 Å². The number of anilines is 1. The summed E-state index contributed by atoms with van der Waals surface area (Å²) in [6.07, 6.45) is 2.60. The van der Waals surface area contributed by atoms with E-state index in [4.69, 9.17) is 9.47 Å². The molecular formula is C18H23ClN2O5. The van der Waals surface area contributed by atoms with Crippen LogP contribution in [0.25, 0.3) is 0 Å². The molecule has 1 saturated carbocycles. The summed E-state index contributed by atoms with van der Waals surface area (Å²) >= 11 is 0. The minimum atomic E-state index is -0.721. The highest BCUT2D eigenvalue weighted by Crippen LogP contribution is 2.49. The third kappa shape index (κ3) is 2.99. The standard InChI is InChI=1S/C18H22N2O5.ClH/c1-11(20-8-12-3-2-6-18(12,9-20)17(22)23)16(21)19-13-4-5-14-15(7-13)25-10-24-14;/h4-5,7,11-12H,2-3,6,8-10H2,1H3,(H,19,21)(H,22,23);1H/t11?,12-,18+;/m0./s1. The Balaban J connectivity index is 0.00000196. The third-order valence-corrected chi connectivity index (χ3v) is 5.89. The van der Waals surface area contributed by atoms with Crippen molar-refractivity contribution in [3.8, 4) is 11.5 Å². The molecule has 3 atom stereocenters. The zero-order valence-electron chi connectivity index (χ0n) is 14.6. The fraction of sp³-hybridized carbons (Fsp3) is 0.556. The van der Waals surface area contributed by atoms with E-state index < -0.39 is 11.4 Å². The molecule has 0 aromatic heterocycles. The van der Waals surface area contributed by atoms with Crippen LogP contribution in [0.3, 0.4) is 0 Å². The average molecular weight is 383 g/mol. The number of benzene rings is 1. The Morgan fingerprint density at radius 1 is 1.35 bits per heavy atom. The van der Waals surface area contributed by atoms with Gasteiger partial charge in [-0.2, -0.15) is 0 Å². The van der Waals surface area contributed by atoms with Crippen molar-refractivity contribution >= 4 is 30.0 Å². The number of rotatable bonds is 4. The second-order valence-electron chi connectivity index (χ2n) is 7.21. The van der Waals surface area contributed by atoms with Gasteiger partial charge in [-0.05, 0) is 37.8 Å². The van der Waals surface area contributed by atoms with Gasteiger partial charge in [0, 0.05) is 24.8 Å². The molecule has 4 rings (SSSR count). The van der Waals surface area contributed by atoms with Crippen molar-refractivity contribution in [1.82, 2.24) is 4.90 Å². The number of carboxylic acids is 1. The number of hydrogen-bond donors (Lipinski definition) is 2. The van der Waals surface area contributed by atoms with Gasteiger partial charge in [0.1, 0.15) is 0 Å². The van der Waals surface area contributed by atoms with E-state index in [1.807, 2.05) is 11.8 Å². The van der Waals surface area contributed by atoms with E-state index in [0.29, 0.717) is 36.7 Å². The lowest BCUT2D eigenvalue weighted by molar-refractivity contribution is -0.149. The number of hydrogen-bond acceptors (Lipinski definition) is 5. The van der Waals surface area contributed by atoms with E-state index in [2.05, 4.69) is 5.32 Å². The van der Waals surface area contributed by atoms with Crippen LogP contribution >= 0.6 is 12.4 Å². The summed E-state index contributed by atoms with van der Waals surface area (Å²) in [5.41, 5.74) is -0.0266. The SMILES string of the molecule is CC(C(=O)Nc1ccc2c(c1)OCO2)N1C[C@@H]2CCC[C@@]2(C(=O)O)C1.Cl. The number of carbonyl (C=O) groups is 2. The first-order chi connectivity index (χ1) is 12.0. The molecule has 7 nitrogen and oxygen atoms in total. The number of nitrogens with zero attached hydrogens (tertiary/aromatic N) is 1. The maximum Gasteiger partial charge on any atom is 0.311 e. The summed E-state index contributed by atoms with van der Waals surface area (Å²) in [4.78, 5) is 26.4. The lowest BCUT2D eigenvalue weighted by Crippen LogP contribution is -2.43. The average Bonchev–Trinajstić information content (AvgIpc) is 3.27. The molecule has 1 aliphatic carbocycles. The van der Waals surface area contributed by atoms with Crippen molar-refractivity contribution < 1.29 is 24.2 Å². The molecule has 1 unspecified atom stereocenters. The van der Waals surface area contributed by atoms with Gasteiger partial charge >= 0.3 is 5.97 Å². The summed E-state index contributed by atoms with van der Waals surface area (Å²) < 4.78 is 10.6. The van der Waals surface area contributed by atoms with E-state index in [1.165, 1.54) is 0 Å². The van der Waals surface area contributed by atoms with Crippen LogP contribution in [0.15, 0.2) is 18.2 Å². The monoisotopic (exact) mass is 382 g/mol. The van der Waals surface area contributed by atoms with Crippen LogP contribution in [0.2, 0.25) is 0 Å². The Hall–Kier alpha value is -1.99. The van der Waals surface area contributed by atoms with Crippen LogP contribution < -0.4 is 14.8 Å². The van der Waals surface area contributed by atoms with Crippen molar-refractivity contribution in [2.24, 2.45) is 11.3 Å². The molecule has 142 valence electrons. The number of carbonyl (C=O) groups excluding carboxylic acids is 1. The molecule has 8 heteroatoms. The Morgan fingerprint density at radius 2 is 2.12 bits per heavy atom. The fourth-order valence-electron chi connectivity index (χ4n) is 4.36. The molecule has 2 aliphatic heterocycles. The van der Waals surface area contributed by atoms with Crippen molar-refractivity contribution in [2.75, 3.05) is 25.2 Å². The number of halogens is 1. The van der Waals surface area contributed by atoms with E-state index >= 15 is 0 Å². The first kappa shape index (κ1) is 18.8. The molecule has 0 bridgehead atoms. The van der Waals surface area contributed by atoms with Crippen LogP contribution in [0.1, 0.15) is 26.2 Å². The third-order valence-electron chi connectivity index (χ3n) is 5.89. The molecule has 2 N–H and O–H groups in total. The summed E-state index contributed by atoms with van der Waals surface area (Å²) in [6.45, 7) is 3.14. The summed E-state index contributed by atoms with van der Waals surface area (Å²) in [5, 5.41) is 12.6. The predicted octanol–water partition coefficient (Wildman–Crippen LogP) is 2.35. The Bertz CT molecular complexity index is 728. The lowest BCUT2D eigenvalue weighted by Gasteiger charge is -2.26. The van der Waals surface area contributed by atoms with Crippen molar-refractivity contribution in [3.05, 3.63) is 18.2 Å². The molecule has 1 aromatic carbocycles. The van der Waals surface area contributed by atoms with Crippen molar-refractivity contribution in [3.63, 3.8) is 0 Å². The van der Waals surface area contributed by atoms with Crippen LogP contribution in [0.5, 0.6) is 11.5 Å². The minimum Gasteiger partial charge on any atom is -0.481 e. The first-order valence-electron chi connectivity index (χ1n) is 8.67. The van der Waals surface area contributed by atoms with Gasteiger partial charge in [0.15, 0.2) is 11.5 Å². The fourth-order valence-corrected chi connectivity index (χ4v) is 4.36. The van der Waals surface area contributed by atoms with Gasteiger partial charge in [0.25, 0.3) is 0 Å². The van der Waals surface area contributed by atoms with E-state index in [0.717, 1.165) is 12.8 Å². The topological polar surface area (TPSA) is 88.1 Å². The van der Waals surface area contributed by atoms with Crippen molar-refractivity contribution in [2.45, 2.75) is 32.2 Å². The smallest absolute Gasteiger partial charge is 0.311 e. The highest BCUT2D eigenvalue weighted by atomic mass is 35.5. The van der Waals surface area contributed by atoms with Crippen LogP contribution in [-0.4, -0.2) is 47.8 Å². The second-order valence-corrected chi connectivity index (χ2v) is 7.21. The zero-order valence-corrected chi connectivity index (χ0v) is 15.4. The van der Waals surface area contributed by atoms with Gasteiger partial charge < -0.3 is 19.9 Å². The van der Waals surface area contributed by atoms with E-state index in [-0.39, 0.29) is 37.1 Å². The maximum atomic E-state index is 12.6. The molecule has 1 saturated heterocycles. The molecule has 0 radical (unpaired) electrons. The van der Waals surface area contributed by atoms with Gasteiger partial charge in [-0.25, -0.2) is 0 Å². The quantitative estimate of drug-likeness (QED) is 0.831. The second kappa shape index (κ2) is 6.96. The zero-order chi connectivity index (χ0) is 17.6. The molecule has 0 spiro atoms. The molecule has 3 aliphatic rings. The number of ether oxygens (including phenoxy) is 2. The van der Waals surface area contributed by atoms with Gasteiger partial charge in [-0.1, -0.05) is 6.42 Å². The summed E-state index contributed by atoms with van der Waals surface area (Å²) in [6, 6.07) is 4.90. The Morgan fingerprint density at radius 3 is 2.85 bits per heavy atom. The van der Waals surface area contributed by atoms with E-state index in [1.54, 1.807) is 18.2 Å². The van der Waals surface area contributed by atoms with Crippen LogP contribution in [0, 0.1) is 11.3 Å². The minimum absolute atomic E-state index is 0. The number of likely N-dealkylation sites (tertiary alicyclic amines) is 1. The normalized spacial score (nSPS) is 27.5. The number of aliphatic carboxylic acids is 1. The molecular weight excluding hydrogens is 360 g/mol. The number of carboxylic acid groups (broad SMARTS) is 1. The van der Waals surface area contributed by atoms with Gasteiger partial charge in [-0.3, -0.25) is 14.5 Å². The molecule has 26 heavy (non-hydrogen) atoms. The summed E-state index contributed by atoms with van der Waals surface area (Å²) in [5.74, 6) is 0.568.